The Kier molecular flexibility index (Phi) is 3.94. The molecule has 0 fully saturated rings. The van der Waals surface area contributed by atoms with Gasteiger partial charge >= 0.3 is 5.97 Å². The molecule has 0 radical (unpaired) electrons. The SMILES string of the molecule is Cc1ccc(C)c(C(C)(NC(C)C)C(=O)O)c1. The molecular weight excluding hydrogens is 214 g/mol. The number of benzene rings is 1. The van der Waals surface area contributed by atoms with Crippen LogP contribution in [0.15, 0.2) is 18.2 Å². The summed E-state index contributed by atoms with van der Waals surface area (Å²) < 4.78 is 0. The number of carboxylic acids is 1. The molecule has 0 saturated carbocycles. The summed E-state index contributed by atoms with van der Waals surface area (Å²) in [7, 11) is 0. The molecule has 0 aromatic heterocycles. The lowest BCUT2D eigenvalue weighted by atomic mass is 9.87. The van der Waals surface area contributed by atoms with Gasteiger partial charge in [0.2, 0.25) is 0 Å². The molecule has 1 aromatic rings. The van der Waals surface area contributed by atoms with E-state index in [0.717, 1.165) is 16.7 Å². The predicted molar refractivity (Wildman–Crippen MR) is 69.2 cm³/mol. The molecule has 17 heavy (non-hydrogen) atoms. The van der Waals surface area contributed by atoms with Crippen LogP contribution in [0.2, 0.25) is 0 Å². The van der Waals surface area contributed by atoms with Crippen LogP contribution in [0.1, 0.15) is 37.5 Å². The maximum atomic E-state index is 11.6. The topological polar surface area (TPSA) is 49.3 Å². The molecule has 3 nitrogen and oxygen atoms in total. The zero-order valence-electron chi connectivity index (χ0n) is 11.2. The first-order valence-corrected chi connectivity index (χ1v) is 5.86. The maximum absolute atomic E-state index is 11.6. The van der Waals surface area contributed by atoms with Crippen LogP contribution in [0.4, 0.5) is 0 Å². The molecule has 0 aliphatic heterocycles. The van der Waals surface area contributed by atoms with Crippen LogP contribution in [-0.2, 0) is 10.3 Å². The highest BCUT2D eigenvalue weighted by Crippen LogP contribution is 2.26. The van der Waals surface area contributed by atoms with Crippen molar-refractivity contribution in [3.05, 3.63) is 34.9 Å². The van der Waals surface area contributed by atoms with E-state index in [0.29, 0.717) is 0 Å². The first kappa shape index (κ1) is 13.7. The third-order valence-electron chi connectivity index (χ3n) is 2.94. The molecule has 1 aromatic carbocycles. The van der Waals surface area contributed by atoms with E-state index < -0.39 is 11.5 Å². The van der Waals surface area contributed by atoms with Crippen LogP contribution in [0, 0.1) is 13.8 Å². The molecule has 0 heterocycles. The Hall–Kier alpha value is -1.35. The zero-order chi connectivity index (χ0) is 13.2. The molecule has 0 spiro atoms. The highest BCUT2D eigenvalue weighted by molar-refractivity contribution is 5.81. The minimum absolute atomic E-state index is 0.107. The Morgan fingerprint density at radius 3 is 2.41 bits per heavy atom. The average molecular weight is 235 g/mol. The molecule has 1 rings (SSSR count). The molecule has 0 amide bonds. The van der Waals surface area contributed by atoms with E-state index in [-0.39, 0.29) is 6.04 Å². The molecule has 0 bridgehead atoms. The van der Waals surface area contributed by atoms with Gasteiger partial charge in [0.05, 0.1) is 0 Å². The van der Waals surface area contributed by atoms with Crippen molar-refractivity contribution in [1.29, 1.82) is 0 Å². The van der Waals surface area contributed by atoms with Gasteiger partial charge in [0.1, 0.15) is 5.54 Å². The Labute approximate surface area is 103 Å². The summed E-state index contributed by atoms with van der Waals surface area (Å²) in [4.78, 5) is 11.6. The molecular formula is C14H21NO2. The fourth-order valence-electron chi connectivity index (χ4n) is 2.11. The standard InChI is InChI=1S/C14H21NO2/c1-9(2)15-14(5,13(16)17)12-8-10(3)6-7-11(12)4/h6-9,15H,1-5H3,(H,16,17). The number of hydrogen-bond donors (Lipinski definition) is 2. The second-order valence-electron chi connectivity index (χ2n) is 5.05. The van der Waals surface area contributed by atoms with Crippen molar-refractivity contribution in [3.8, 4) is 0 Å². The van der Waals surface area contributed by atoms with Gasteiger partial charge in [-0.15, -0.1) is 0 Å². The summed E-state index contributed by atoms with van der Waals surface area (Å²) in [6, 6.07) is 6.01. The number of aryl methyl sites for hydroxylation is 2. The van der Waals surface area contributed by atoms with Gasteiger partial charge in [-0.25, -0.2) is 4.79 Å². The highest BCUT2D eigenvalue weighted by atomic mass is 16.4. The lowest BCUT2D eigenvalue weighted by molar-refractivity contribution is -0.145. The summed E-state index contributed by atoms with van der Waals surface area (Å²) in [5, 5.41) is 12.6. The number of carbonyl (C=O) groups is 1. The van der Waals surface area contributed by atoms with Gasteiger partial charge in [0.25, 0.3) is 0 Å². The summed E-state index contributed by atoms with van der Waals surface area (Å²) in [6.45, 7) is 9.54. The van der Waals surface area contributed by atoms with Gasteiger partial charge in [-0.1, -0.05) is 23.8 Å². The van der Waals surface area contributed by atoms with Gasteiger partial charge in [-0.2, -0.15) is 0 Å². The molecule has 3 heteroatoms. The van der Waals surface area contributed by atoms with Crippen LogP contribution in [0.3, 0.4) is 0 Å². The van der Waals surface area contributed by atoms with Crippen LogP contribution < -0.4 is 5.32 Å². The minimum atomic E-state index is -1.04. The minimum Gasteiger partial charge on any atom is -0.480 e. The van der Waals surface area contributed by atoms with Gasteiger partial charge in [-0.3, -0.25) is 5.32 Å². The Morgan fingerprint density at radius 1 is 1.35 bits per heavy atom. The summed E-state index contributed by atoms with van der Waals surface area (Å²) >= 11 is 0. The second-order valence-corrected chi connectivity index (χ2v) is 5.05. The lowest BCUT2D eigenvalue weighted by Crippen LogP contribution is -2.50. The van der Waals surface area contributed by atoms with Crippen molar-refractivity contribution in [2.45, 2.75) is 46.2 Å². The van der Waals surface area contributed by atoms with E-state index in [4.69, 9.17) is 0 Å². The molecule has 0 saturated heterocycles. The second kappa shape index (κ2) is 4.88. The van der Waals surface area contributed by atoms with Crippen molar-refractivity contribution in [1.82, 2.24) is 5.32 Å². The van der Waals surface area contributed by atoms with E-state index in [1.54, 1.807) is 6.92 Å². The number of carboxylic acid groups (broad SMARTS) is 1. The number of nitrogens with one attached hydrogen (secondary N) is 1. The quantitative estimate of drug-likeness (QED) is 0.843. The van der Waals surface area contributed by atoms with Crippen LogP contribution >= 0.6 is 0 Å². The molecule has 1 unspecified atom stereocenters. The van der Waals surface area contributed by atoms with Crippen LogP contribution in [0.25, 0.3) is 0 Å². The Bertz CT molecular complexity index is 426. The molecule has 1 atom stereocenters. The summed E-state index contributed by atoms with van der Waals surface area (Å²) in [5.74, 6) is -0.847. The normalized spacial score (nSPS) is 14.7. The van der Waals surface area contributed by atoms with Gasteiger partial charge in [-0.05, 0) is 45.7 Å². The fourth-order valence-corrected chi connectivity index (χ4v) is 2.11. The number of aliphatic carboxylic acids is 1. The summed E-state index contributed by atoms with van der Waals surface area (Å²) in [6.07, 6.45) is 0. The van der Waals surface area contributed by atoms with E-state index in [9.17, 15) is 9.90 Å². The first-order chi connectivity index (χ1) is 7.77. The smallest absolute Gasteiger partial charge is 0.328 e. The molecule has 94 valence electrons. The van der Waals surface area contributed by atoms with Crippen molar-refractivity contribution >= 4 is 5.97 Å². The summed E-state index contributed by atoms with van der Waals surface area (Å²) in [5.41, 5.74) is 1.86. The van der Waals surface area contributed by atoms with E-state index in [1.165, 1.54) is 0 Å². The average Bonchev–Trinajstić information content (AvgIpc) is 2.20. The fraction of sp³-hybridized carbons (Fsp3) is 0.500. The largest absolute Gasteiger partial charge is 0.480 e. The lowest BCUT2D eigenvalue weighted by Gasteiger charge is -2.30. The number of hydrogen-bond acceptors (Lipinski definition) is 2. The third kappa shape index (κ3) is 2.86. The van der Waals surface area contributed by atoms with E-state index in [1.807, 2.05) is 45.9 Å². The Morgan fingerprint density at radius 2 is 1.94 bits per heavy atom. The van der Waals surface area contributed by atoms with E-state index in [2.05, 4.69) is 5.32 Å². The Balaban J connectivity index is 3.31. The first-order valence-electron chi connectivity index (χ1n) is 5.86. The molecule has 2 N–H and O–H groups in total. The third-order valence-corrected chi connectivity index (χ3v) is 2.94. The van der Waals surface area contributed by atoms with E-state index >= 15 is 0 Å². The van der Waals surface area contributed by atoms with Crippen molar-refractivity contribution < 1.29 is 9.90 Å². The van der Waals surface area contributed by atoms with Crippen LogP contribution in [-0.4, -0.2) is 17.1 Å². The van der Waals surface area contributed by atoms with Gasteiger partial charge < -0.3 is 5.11 Å². The van der Waals surface area contributed by atoms with Crippen molar-refractivity contribution in [2.24, 2.45) is 0 Å². The molecule has 0 aliphatic carbocycles. The maximum Gasteiger partial charge on any atom is 0.328 e. The van der Waals surface area contributed by atoms with Gasteiger partial charge in [0.15, 0.2) is 0 Å². The van der Waals surface area contributed by atoms with Crippen LogP contribution in [0.5, 0.6) is 0 Å². The number of rotatable bonds is 4. The van der Waals surface area contributed by atoms with Gasteiger partial charge in [0, 0.05) is 6.04 Å². The van der Waals surface area contributed by atoms with Crippen molar-refractivity contribution in [3.63, 3.8) is 0 Å². The zero-order valence-corrected chi connectivity index (χ0v) is 11.2. The molecule has 0 aliphatic rings. The predicted octanol–water partition coefficient (Wildman–Crippen LogP) is 2.60. The monoisotopic (exact) mass is 235 g/mol. The highest BCUT2D eigenvalue weighted by Gasteiger charge is 2.36. The van der Waals surface area contributed by atoms with Crippen molar-refractivity contribution in [2.75, 3.05) is 0 Å².